The van der Waals surface area contributed by atoms with Gasteiger partial charge in [-0.15, -0.1) is 5.10 Å². The second-order valence-corrected chi connectivity index (χ2v) is 5.70. The second-order valence-electron chi connectivity index (χ2n) is 4.92. The number of rotatable bonds is 7. The van der Waals surface area contributed by atoms with E-state index < -0.39 is 6.10 Å². The van der Waals surface area contributed by atoms with Gasteiger partial charge in [-0.2, -0.15) is 0 Å². The normalized spacial score (nSPS) is 21.3. The van der Waals surface area contributed by atoms with Crippen LogP contribution in [-0.2, 0) is 11.2 Å². The molecule has 0 bridgehead atoms. The van der Waals surface area contributed by atoms with Crippen LogP contribution in [0.4, 0.5) is 0 Å². The summed E-state index contributed by atoms with van der Waals surface area (Å²) in [5, 5.41) is 14.3. The molecule has 2 atom stereocenters. The van der Waals surface area contributed by atoms with Gasteiger partial charge in [0.1, 0.15) is 0 Å². The van der Waals surface area contributed by atoms with Crippen LogP contribution >= 0.6 is 11.5 Å². The van der Waals surface area contributed by atoms with Crippen LogP contribution in [0, 0.1) is 0 Å². The summed E-state index contributed by atoms with van der Waals surface area (Å²) in [6.45, 7) is 3.03. The van der Waals surface area contributed by atoms with Crippen molar-refractivity contribution in [2.45, 2.75) is 64.1 Å². The first-order chi connectivity index (χ1) is 8.81. The number of hydrogen-bond acceptors (Lipinski definition) is 5. The van der Waals surface area contributed by atoms with E-state index in [-0.39, 0.29) is 0 Å². The van der Waals surface area contributed by atoms with Crippen LogP contribution in [0.15, 0.2) is 0 Å². The highest BCUT2D eigenvalue weighted by atomic mass is 32.1. The Bertz CT molecular complexity index is 351. The highest BCUT2D eigenvalue weighted by molar-refractivity contribution is 7.05. The van der Waals surface area contributed by atoms with Gasteiger partial charge in [0.2, 0.25) is 0 Å². The monoisotopic (exact) mass is 270 g/mol. The number of aromatic nitrogens is 2. The topological polar surface area (TPSA) is 55.2 Å². The lowest BCUT2D eigenvalue weighted by molar-refractivity contribution is 0.0947. The van der Waals surface area contributed by atoms with E-state index in [9.17, 15) is 5.11 Å². The minimum Gasteiger partial charge on any atom is -0.387 e. The molecule has 1 saturated heterocycles. The van der Waals surface area contributed by atoms with Gasteiger partial charge in [-0.25, -0.2) is 0 Å². The summed E-state index contributed by atoms with van der Waals surface area (Å²) >= 11 is 1.34. The van der Waals surface area contributed by atoms with Crippen molar-refractivity contribution in [1.82, 2.24) is 9.59 Å². The number of hydrogen-bond donors (Lipinski definition) is 1. The Hall–Kier alpha value is -0.520. The average molecular weight is 270 g/mol. The largest absolute Gasteiger partial charge is 0.387 e. The van der Waals surface area contributed by atoms with Crippen molar-refractivity contribution in [3.8, 4) is 0 Å². The molecule has 1 aromatic heterocycles. The van der Waals surface area contributed by atoms with Gasteiger partial charge in [0, 0.05) is 6.61 Å². The first-order valence-electron chi connectivity index (χ1n) is 6.92. The third-order valence-corrected chi connectivity index (χ3v) is 4.27. The molecule has 2 unspecified atom stereocenters. The summed E-state index contributed by atoms with van der Waals surface area (Å²) in [5.74, 6) is 0. The molecular formula is C13H22N2O2S. The zero-order valence-corrected chi connectivity index (χ0v) is 11.8. The van der Waals surface area contributed by atoms with E-state index in [1.807, 2.05) is 0 Å². The minimum absolute atomic E-state index is 0.395. The third-order valence-electron chi connectivity index (χ3n) is 3.40. The number of aryl methyl sites for hydroxylation is 1. The molecular weight excluding hydrogens is 248 g/mol. The molecule has 0 spiro atoms. The van der Waals surface area contributed by atoms with Crippen LogP contribution < -0.4 is 0 Å². The molecule has 0 aromatic carbocycles. The van der Waals surface area contributed by atoms with Crippen molar-refractivity contribution in [3.05, 3.63) is 10.6 Å². The third kappa shape index (κ3) is 3.73. The van der Waals surface area contributed by atoms with Crippen LogP contribution in [0.5, 0.6) is 0 Å². The van der Waals surface area contributed by atoms with E-state index >= 15 is 0 Å². The molecule has 1 N–H and O–H groups in total. The number of aliphatic hydroxyl groups is 1. The molecule has 0 saturated carbocycles. The van der Waals surface area contributed by atoms with Crippen LogP contribution in [0.2, 0.25) is 0 Å². The van der Waals surface area contributed by atoms with Crippen LogP contribution in [0.3, 0.4) is 0 Å². The predicted octanol–water partition coefficient (Wildman–Crippen LogP) is 2.87. The summed E-state index contributed by atoms with van der Waals surface area (Å²) in [6.07, 6.45) is 7.21. The lowest BCUT2D eigenvalue weighted by Gasteiger charge is -2.12. The van der Waals surface area contributed by atoms with Crippen molar-refractivity contribution in [2.75, 3.05) is 6.61 Å². The maximum Gasteiger partial charge on any atom is 0.0917 e. The maximum atomic E-state index is 10.2. The van der Waals surface area contributed by atoms with Gasteiger partial charge in [-0.05, 0) is 50.1 Å². The molecule has 5 heteroatoms. The number of ether oxygens (including phenoxy) is 1. The first-order valence-corrected chi connectivity index (χ1v) is 7.69. The second kappa shape index (κ2) is 7.16. The van der Waals surface area contributed by atoms with Gasteiger partial charge in [0.05, 0.1) is 22.8 Å². The standard InChI is InChI=1S/C13H22N2O2S/c1-2-5-11-13(18-15-14-11)12(16)8-3-6-10-7-4-9-17-10/h10,12,16H,2-9H2,1H3. The molecule has 0 aliphatic carbocycles. The molecule has 102 valence electrons. The quantitative estimate of drug-likeness (QED) is 0.827. The molecule has 1 fully saturated rings. The minimum atomic E-state index is -0.395. The van der Waals surface area contributed by atoms with Gasteiger partial charge in [0.25, 0.3) is 0 Å². The summed E-state index contributed by atoms with van der Waals surface area (Å²) in [7, 11) is 0. The molecule has 4 nitrogen and oxygen atoms in total. The fraction of sp³-hybridized carbons (Fsp3) is 0.846. The van der Waals surface area contributed by atoms with E-state index in [4.69, 9.17) is 4.74 Å². The Morgan fingerprint density at radius 2 is 2.44 bits per heavy atom. The van der Waals surface area contributed by atoms with Crippen LogP contribution in [0.25, 0.3) is 0 Å². The van der Waals surface area contributed by atoms with E-state index in [0.29, 0.717) is 6.10 Å². The Labute approximate surface area is 113 Å². The average Bonchev–Trinajstić information content (AvgIpc) is 3.00. The van der Waals surface area contributed by atoms with E-state index in [1.165, 1.54) is 24.4 Å². The van der Waals surface area contributed by atoms with E-state index in [1.54, 1.807) is 0 Å². The van der Waals surface area contributed by atoms with Crippen molar-refractivity contribution < 1.29 is 9.84 Å². The summed E-state index contributed by atoms with van der Waals surface area (Å²) in [4.78, 5) is 0.962. The van der Waals surface area contributed by atoms with Gasteiger partial charge in [-0.1, -0.05) is 17.8 Å². The lowest BCUT2D eigenvalue weighted by Crippen LogP contribution is -2.06. The van der Waals surface area contributed by atoms with E-state index in [0.717, 1.165) is 49.3 Å². The molecule has 18 heavy (non-hydrogen) atoms. The fourth-order valence-corrected chi connectivity index (χ4v) is 3.14. The molecule has 2 rings (SSSR count). The molecule has 1 aromatic rings. The highest BCUT2D eigenvalue weighted by Gasteiger charge is 2.19. The van der Waals surface area contributed by atoms with Crippen LogP contribution in [-0.4, -0.2) is 27.4 Å². The van der Waals surface area contributed by atoms with Crippen molar-refractivity contribution in [2.24, 2.45) is 0 Å². The predicted molar refractivity (Wildman–Crippen MR) is 71.7 cm³/mol. The Balaban J connectivity index is 1.75. The van der Waals surface area contributed by atoms with Gasteiger partial charge in [0.15, 0.2) is 0 Å². The molecule has 1 aliphatic heterocycles. The maximum absolute atomic E-state index is 10.2. The molecule has 2 heterocycles. The summed E-state index contributed by atoms with van der Waals surface area (Å²) in [6, 6.07) is 0. The Morgan fingerprint density at radius 1 is 1.56 bits per heavy atom. The smallest absolute Gasteiger partial charge is 0.0917 e. The number of aliphatic hydroxyl groups excluding tert-OH is 1. The summed E-state index contributed by atoms with van der Waals surface area (Å²) in [5.41, 5.74) is 0.979. The zero-order valence-electron chi connectivity index (χ0n) is 11.0. The zero-order chi connectivity index (χ0) is 12.8. The van der Waals surface area contributed by atoms with Gasteiger partial charge < -0.3 is 9.84 Å². The SMILES string of the molecule is CCCc1nnsc1C(O)CCCC1CCCO1. The van der Waals surface area contributed by atoms with Crippen LogP contribution in [0.1, 0.15) is 62.1 Å². The van der Waals surface area contributed by atoms with E-state index in [2.05, 4.69) is 16.5 Å². The Kier molecular flexibility index (Phi) is 5.53. The molecule has 1 aliphatic rings. The number of nitrogens with zero attached hydrogens (tertiary/aromatic N) is 2. The van der Waals surface area contributed by atoms with Gasteiger partial charge in [-0.3, -0.25) is 0 Å². The highest BCUT2D eigenvalue weighted by Crippen LogP contribution is 2.27. The van der Waals surface area contributed by atoms with Crippen molar-refractivity contribution in [3.63, 3.8) is 0 Å². The fourth-order valence-electron chi connectivity index (χ4n) is 2.42. The molecule has 0 radical (unpaired) electrons. The van der Waals surface area contributed by atoms with Crippen molar-refractivity contribution in [1.29, 1.82) is 0 Å². The summed E-state index contributed by atoms with van der Waals surface area (Å²) < 4.78 is 9.54. The Morgan fingerprint density at radius 3 is 3.17 bits per heavy atom. The molecule has 0 amide bonds. The van der Waals surface area contributed by atoms with Gasteiger partial charge >= 0.3 is 0 Å². The first kappa shape index (κ1) is 13.9. The lowest BCUT2D eigenvalue weighted by atomic mass is 10.0. The van der Waals surface area contributed by atoms with Crippen molar-refractivity contribution >= 4 is 11.5 Å².